The number of hydrogen-bond donors (Lipinski definition) is 3. The van der Waals surface area contributed by atoms with Gasteiger partial charge in [-0.1, -0.05) is 0 Å². The minimum Gasteiger partial charge on any atom is -0.478 e. The number of carboxylic acid groups (broad SMARTS) is 1. The number of nitrogens with two attached hydrogens (primary N) is 1. The number of anilines is 1. The third-order valence-corrected chi connectivity index (χ3v) is 2.86. The van der Waals surface area contributed by atoms with E-state index < -0.39 is 23.2 Å². The van der Waals surface area contributed by atoms with Gasteiger partial charge < -0.3 is 15.8 Å². The van der Waals surface area contributed by atoms with Crippen LogP contribution >= 0.6 is 0 Å². The zero-order valence-corrected chi connectivity index (χ0v) is 10.3. The molecule has 0 unspecified atom stereocenters. The minimum absolute atomic E-state index is 0.00787. The van der Waals surface area contributed by atoms with Crippen molar-refractivity contribution in [1.29, 1.82) is 0 Å². The van der Waals surface area contributed by atoms with Crippen LogP contribution in [0.25, 0.3) is 22.6 Å². The van der Waals surface area contributed by atoms with E-state index in [1.165, 1.54) is 6.33 Å². The number of hydrogen-bond acceptors (Lipinski definition) is 5. The van der Waals surface area contributed by atoms with Crippen LogP contribution in [0.1, 0.15) is 10.4 Å². The molecule has 2 aromatic heterocycles. The lowest BCUT2D eigenvalue weighted by Gasteiger charge is -2.04. The molecule has 9 heteroatoms. The van der Waals surface area contributed by atoms with Gasteiger partial charge in [0.25, 0.3) is 0 Å². The van der Waals surface area contributed by atoms with Crippen LogP contribution in [0.5, 0.6) is 0 Å². The molecule has 0 radical (unpaired) electrons. The first kappa shape index (κ1) is 12.9. The molecule has 0 amide bonds. The standard InChI is InChI=1S/C12H7F2N5O2/c13-6-1-4(5(12(20)21)2-7(6)14)10-18-8-9(15)16-3-17-11(8)19-10/h1-3H,(H,20,21)(H3,15,16,17,18,19). The lowest BCUT2D eigenvalue weighted by molar-refractivity contribution is 0.0697. The topological polar surface area (TPSA) is 118 Å². The van der Waals surface area contributed by atoms with Gasteiger partial charge in [-0.25, -0.2) is 28.5 Å². The smallest absolute Gasteiger partial charge is 0.336 e. The van der Waals surface area contributed by atoms with Gasteiger partial charge in [-0.15, -0.1) is 0 Å². The van der Waals surface area contributed by atoms with Crippen LogP contribution in [0.2, 0.25) is 0 Å². The first-order valence-corrected chi connectivity index (χ1v) is 5.66. The number of benzene rings is 1. The molecule has 106 valence electrons. The number of imidazole rings is 1. The first-order valence-electron chi connectivity index (χ1n) is 5.66. The fourth-order valence-electron chi connectivity index (χ4n) is 1.89. The minimum atomic E-state index is -1.41. The number of aromatic carboxylic acids is 1. The van der Waals surface area contributed by atoms with Crippen molar-refractivity contribution in [2.45, 2.75) is 0 Å². The van der Waals surface area contributed by atoms with Crippen molar-refractivity contribution < 1.29 is 18.7 Å². The van der Waals surface area contributed by atoms with E-state index in [0.29, 0.717) is 6.07 Å². The van der Waals surface area contributed by atoms with Gasteiger partial charge in [-0.05, 0) is 12.1 Å². The zero-order valence-electron chi connectivity index (χ0n) is 10.3. The van der Waals surface area contributed by atoms with Gasteiger partial charge in [0, 0.05) is 5.56 Å². The number of carbonyl (C=O) groups is 1. The average Bonchev–Trinajstić information content (AvgIpc) is 2.86. The molecule has 7 nitrogen and oxygen atoms in total. The molecule has 1 aromatic carbocycles. The van der Waals surface area contributed by atoms with Crippen LogP contribution in [-0.4, -0.2) is 31.0 Å². The second kappa shape index (κ2) is 4.47. The predicted molar refractivity (Wildman–Crippen MR) is 68.4 cm³/mol. The Balaban J connectivity index is 2.29. The Hall–Kier alpha value is -3.10. The van der Waals surface area contributed by atoms with Gasteiger partial charge in [0.15, 0.2) is 23.1 Å². The Morgan fingerprint density at radius 1 is 1.24 bits per heavy atom. The molecule has 0 fully saturated rings. The molecule has 0 saturated heterocycles. The Bertz CT molecular complexity index is 877. The molecule has 2 heterocycles. The van der Waals surface area contributed by atoms with Crippen molar-refractivity contribution in [2.24, 2.45) is 0 Å². The van der Waals surface area contributed by atoms with E-state index in [-0.39, 0.29) is 28.4 Å². The van der Waals surface area contributed by atoms with Gasteiger partial charge in [-0.3, -0.25) is 0 Å². The number of aromatic amines is 1. The molecule has 4 N–H and O–H groups in total. The molecule has 3 aromatic rings. The average molecular weight is 291 g/mol. The zero-order chi connectivity index (χ0) is 15.1. The molecule has 21 heavy (non-hydrogen) atoms. The summed E-state index contributed by atoms with van der Waals surface area (Å²) in [6.45, 7) is 0. The maximum atomic E-state index is 13.4. The highest BCUT2D eigenvalue weighted by Crippen LogP contribution is 2.26. The number of carboxylic acids is 1. The van der Waals surface area contributed by atoms with E-state index in [9.17, 15) is 13.6 Å². The highest BCUT2D eigenvalue weighted by molar-refractivity contribution is 5.96. The number of nitrogens with one attached hydrogen (secondary N) is 1. The molecule has 0 aliphatic carbocycles. The van der Waals surface area contributed by atoms with E-state index in [2.05, 4.69) is 19.9 Å². The lowest BCUT2D eigenvalue weighted by atomic mass is 10.1. The van der Waals surface area contributed by atoms with Crippen molar-refractivity contribution in [3.63, 3.8) is 0 Å². The summed E-state index contributed by atoms with van der Waals surface area (Å²) in [5, 5.41) is 9.09. The van der Waals surface area contributed by atoms with Gasteiger partial charge in [-0.2, -0.15) is 0 Å². The second-order valence-corrected chi connectivity index (χ2v) is 4.16. The number of fused-ring (bicyclic) bond motifs is 1. The normalized spacial score (nSPS) is 11.0. The van der Waals surface area contributed by atoms with E-state index in [1.807, 2.05) is 0 Å². The summed E-state index contributed by atoms with van der Waals surface area (Å²) in [6.07, 6.45) is 1.19. The van der Waals surface area contributed by atoms with Crippen LogP contribution in [0, 0.1) is 11.6 Å². The third-order valence-electron chi connectivity index (χ3n) is 2.86. The van der Waals surface area contributed by atoms with Gasteiger partial charge in [0.2, 0.25) is 0 Å². The molecular formula is C12H7F2N5O2. The Kier molecular flexibility index (Phi) is 2.75. The molecule has 0 bridgehead atoms. The molecule has 0 spiro atoms. The molecule has 0 aliphatic heterocycles. The quantitative estimate of drug-likeness (QED) is 0.659. The second-order valence-electron chi connectivity index (χ2n) is 4.16. The summed E-state index contributed by atoms with van der Waals surface area (Å²) in [5.41, 5.74) is 5.56. The van der Waals surface area contributed by atoms with Crippen molar-refractivity contribution in [3.8, 4) is 11.4 Å². The highest BCUT2D eigenvalue weighted by atomic mass is 19.2. The van der Waals surface area contributed by atoms with Gasteiger partial charge >= 0.3 is 5.97 Å². The number of nitrogens with zero attached hydrogens (tertiary/aromatic N) is 3. The third kappa shape index (κ3) is 2.04. The molecule has 0 atom stereocenters. The lowest BCUT2D eigenvalue weighted by Crippen LogP contribution is -2.03. The molecule has 0 saturated carbocycles. The number of halogens is 2. The SMILES string of the molecule is Nc1ncnc2nc(-c3cc(F)c(F)cc3C(=O)O)[nH]c12. The van der Waals surface area contributed by atoms with Crippen LogP contribution in [0.4, 0.5) is 14.6 Å². The fourth-order valence-corrected chi connectivity index (χ4v) is 1.89. The Labute approximate surface area is 115 Å². The maximum absolute atomic E-state index is 13.4. The van der Waals surface area contributed by atoms with Crippen LogP contribution in [0.3, 0.4) is 0 Å². The van der Waals surface area contributed by atoms with Crippen molar-refractivity contribution in [1.82, 2.24) is 19.9 Å². The predicted octanol–water partition coefficient (Wildman–Crippen LogP) is 1.58. The molecule has 0 aliphatic rings. The van der Waals surface area contributed by atoms with Crippen LogP contribution < -0.4 is 5.73 Å². The van der Waals surface area contributed by atoms with E-state index in [0.717, 1.165) is 6.07 Å². The van der Waals surface area contributed by atoms with Crippen LogP contribution in [0.15, 0.2) is 18.5 Å². The fraction of sp³-hybridized carbons (Fsp3) is 0. The summed E-state index contributed by atoms with van der Waals surface area (Å²) in [7, 11) is 0. The largest absolute Gasteiger partial charge is 0.478 e. The van der Waals surface area contributed by atoms with Crippen molar-refractivity contribution >= 4 is 23.0 Å². The molecular weight excluding hydrogens is 284 g/mol. The maximum Gasteiger partial charge on any atom is 0.336 e. The van der Waals surface area contributed by atoms with Crippen LogP contribution in [-0.2, 0) is 0 Å². The van der Waals surface area contributed by atoms with E-state index >= 15 is 0 Å². The highest BCUT2D eigenvalue weighted by Gasteiger charge is 2.19. The molecule has 3 rings (SSSR count). The summed E-state index contributed by atoms with van der Waals surface area (Å²) < 4.78 is 26.6. The van der Waals surface area contributed by atoms with Gasteiger partial charge in [0.05, 0.1) is 5.56 Å². The van der Waals surface area contributed by atoms with Crippen molar-refractivity contribution in [3.05, 3.63) is 35.7 Å². The number of rotatable bonds is 2. The Morgan fingerprint density at radius 2 is 1.95 bits per heavy atom. The van der Waals surface area contributed by atoms with Crippen molar-refractivity contribution in [2.75, 3.05) is 5.73 Å². The van der Waals surface area contributed by atoms with E-state index in [4.69, 9.17) is 10.8 Å². The monoisotopic (exact) mass is 291 g/mol. The summed E-state index contributed by atoms with van der Waals surface area (Å²) in [5.74, 6) is -3.74. The summed E-state index contributed by atoms with van der Waals surface area (Å²) in [4.78, 5) is 25.5. The summed E-state index contributed by atoms with van der Waals surface area (Å²) >= 11 is 0. The number of H-pyrrole nitrogens is 1. The Morgan fingerprint density at radius 3 is 2.62 bits per heavy atom. The first-order chi connectivity index (χ1) is 9.97. The van der Waals surface area contributed by atoms with E-state index in [1.54, 1.807) is 0 Å². The number of nitrogen functional groups attached to an aromatic ring is 1. The summed E-state index contributed by atoms with van der Waals surface area (Å²) in [6, 6.07) is 1.34. The van der Waals surface area contributed by atoms with Gasteiger partial charge in [0.1, 0.15) is 17.7 Å². The number of aromatic nitrogens is 4.